The first kappa shape index (κ1) is 25.6. The number of carbonyl (C=O) groups excluding carboxylic acids is 3. The summed E-state index contributed by atoms with van der Waals surface area (Å²) in [5, 5.41) is 20.2. The number of imide groups is 1. The smallest absolute Gasteiger partial charge is 0.404 e. The van der Waals surface area contributed by atoms with E-state index in [2.05, 4.69) is 5.32 Å². The van der Waals surface area contributed by atoms with Gasteiger partial charge in [-0.1, -0.05) is 25.0 Å². The standard InChI is InChI=1S/C21H29N3O7/c22-17(25)11-5-6-12-18(26)24(14-8-2-1-7-13-23-21(30)31)19(27)15-9-3-4-10-16(15)20(28)29/h3-4,9-10,23H,1-2,5-8,11-14H2,(H2,22,25)(H,28,29)(H,30,31). The van der Waals surface area contributed by atoms with Crippen molar-refractivity contribution in [2.75, 3.05) is 13.1 Å². The number of rotatable bonds is 14. The SMILES string of the molecule is NC(=O)CCCCC(=O)N(CCCCCCNC(=O)O)C(=O)c1ccccc1C(=O)O. The van der Waals surface area contributed by atoms with Crippen LogP contribution in [0.15, 0.2) is 24.3 Å². The molecule has 0 aliphatic rings. The molecule has 0 fully saturated rings. The maximum absolute atomic E-state index is 13.0. The number of carboxylic acid groups (broad SMARTS) is 2. The van der Waals surface area contributed by atoms with Crippen LogP contribution in [0.2, 0.25) is 0 Å². The average molecular weight is 435 g/mol. The van der Waals surface area contributed by atoms with Gasteiger partial charge < -0.3 is 21.3 Å². The van der Waals surface area contributed by atoms with Crippen LogP contribution in [-0.4, -0.2) is 58.0 Å². The van der Waals surface area contributed by atoms with Crippen molar-refractivity contribution in [1.82, 2.24) is 10.2 Å². The number of nitrogens with two attached hydrogens (primary N) is 1. The molecule has 0 bridgehead atoms. The molecule has 170 valence electrons. The van der Waals surface area contributed by atoms with Crippen LogP contribution in [0.25, 0.3) is 0 Å². The minimum atomic E-state index is -1.26. The molecule has 1 aromatic rings. The highest BCUT2D eigenvalue weighted by molar-refractivity contribution is 6.10. The van der Waals surface area contributed by atoms with Crippen molar-refractivity contribution in [3.05, 3.63) is 35.4 Å². The Labute approximate surface area is 180 Å². The zero-order valence-electron chi connectivity index (χ0n) is 17.3. The fraction of sp³-hybridized carbons (Fsp3) is 0.476. The van der Waals surface area contributed by atoms with Crippen LogP contribution in [0.5, 0.6) is 0 Å². The molecule has 1 aromatic carbocycles. The molecule has 0 unspecified atom stereocenters. The van der Waals surface area contributed by atoms with Crippen molar-refractivity contribution in [2.45, 2.75) is 51.4 Å². The van der Waals surface area contributed by atoms with Crippen molar-refractivity contribution in [3.8, 4) is 0 Å². The number of hydrogen-bond acceptors (Lipinski definition) is 5. The Balaban J connectivity index is 2.77. The fourth-order valence-electron chi connectivity index (χ4n) is 3.00. The van der Waals surface area contributed by atoms with Gasteiger partial charge in [0.05, 0.1) is 11.1 Å². The zero-order valence-corrected chi connectivity index (χ0v) is 17.3. The van der Waals surface area contributed by atoms with Gasteiger partial charge in [-0.2, -0.15) is 0 Å². The molecule has 1 rings (SSSR count). The van der Waals surface area contributed by atoms with Gasteiger partial charge in [0.1, 0.15) is 0 Å². The molecule has 0 atom stereocenters. The molecular weight excluding hydrogens is 406 g/mol. The number of unbranched alkanes of at least 4 members (excludes halogenated alkanes) is 4. The minimum Gasteiger partial charge on any atom is -0.478 e. The number of carboxylic acids is 1. The molecule has 0 spiro atoms. The zero-order chi connectivity index (χ0) is 23.2. The monoisotopic (exact) mass is 435 g/mol. The van der Waals surface area contributed by atoms with Gasteiger partial charge >= 0.3 is 12.1 Å². The van der Waals surface area contributed by atoms with Crippen molar-refractivity contribution >= 4 is 29.8 Å². The Morgan fingerprint density at radius 3 is 2.06 bits per heavy atom. The summed E-state index contributed by atoms with van der Waals surface area (Å²) in [4.78, 5) is 59.5. The van der Waals surface area contributed by atoms with E-state index in [-0.39, 0.29) is 30.5 Å². The number of primary amides is 1. The number of benzene rings is 1. The van der Waals surface area contributed by atoms with Crippen LogP contribution >= 0.6 is 0 Å². The molecule has 0 aliphatic heterocycles. The van der Waals surface area contributed by atoms with Gasteiger partial charge in [0.15, 0.2) is 0 Å². The lowest BCUT2D eigenvalue weighted by Crippen LogP contribution is -2.38. The van der Waals surface area contributed by atoms with Gasteiger partial charge in [-0.05, 0) is 37.8 Å². The van der Waals surface area contributed by atoms with Crippen LogP contribution in [0.4, 0.5) is 4.79 Å². The van der Waals surface area contributed by atoms with Crippen molar-refractivity contribution in [2.24, 2.45) is 5.73 Å². The predicted octanol–water partition coefficient (Wildman–Crippen LogP) is 2.23. The van der Waals surface area contributed by atoms with Gasteiger partial charge in [0.2, 0.25) is 11.8 Å². The van der Waals surface area contributed by atoms with E-state index in [0.717, 1.165) is 4.90 Å². The quantitative estimate of drug-likeness (QED) is 0.325. The molecule has 10 nitrogen and oxygen atoms in total. The summed E-state index contributed by atoms with van der Waals surface area (Å²) in [6.45, 7) is 0.441. The Morgan fingerprint density at radius 2 is 1.45 bits per heavy atom. The van der Waals surface area contributed by atoms with E-state index >= 15 is 0 Å². The molecule has 0 aliphatic carbocycles. The highest BCUT2D eigenvalue weighted by Gasteiger charge is 2.25. The number of nitrogens with zero attached hydrogens (tertiary/aromatic N) is 1. The van der Waals surface area contributed by atoms with Crippen molar-refractivity contribution < 1.29 is 34.2 Å². The van der Waals surface area contributed by atoms with E-state index in [1.54, 1.807) is 0 Å². The summed E-state index contributed by atoms with van der Waals surface area (Å²) >= 11 is 0. The summed E-state index contributed by atoms with van der Waals surface area (Å²) in [6, 6.07) is 5.71. The summed E-state index contributed by atoms with van der Waals surface area (Å²) < 4.78 is 0. The molecule has 0 heterocycles. The molecule has 0 aromatic heterocycles. The van der Waals surface area contributed by atoms with E-state index in [4.69, 9.17) is 10.8 Å². The fourth-order valence-corrected chi connectivity index (χ4v) is 3.00. The Morgan fingerprint density at radius 1 is 0.839 bits per heavy atom. The van der Waals surface area contributed by atoms with E-state index in [0.29, 0.717) is 45.1 Å². The summed E-state index contributed by atoms with van der Waals surface area (Å²) in [7, 11) is 0. The summed E-state index contributed by atoms with van der Waals surface area (Å²) in [5.41, 5.74) is 4.84. The first-order valence-corrected chi connectivity index (χ1v) is 10.2. The lowest BCUT2D eigenvalue weighted by atomic mass is 10.1. The normalized spacial score (nSPS) is 10.3. The van der Waals surface area contributed by atoms with E-state index in [1.165, 1.54) is 24.3 Å². The molecule has 4 amide bonds. The van der Waals surface area contributed by atoms with Crippen LogP contribution in [-0.2, 0) is 9.59 Å². The second-order valence-corrected chi connectivity index (χ2v) is 7.02. The highest BCUT2D eigenvalue weighted by Crippen LogP contribution is 2.15. The Hall–Kier alpha value is -3.43. The molecule has 0 saturated heterocycles. The maximum Gasteiger partial charge on any atom is 0.404 e. The molecule has 10 heteroatoms. The minimum absolute atomic E-state index is 0.0385. The highest BCUT2D eigenvalue weighted by atomic mass is 16.4. The van der Waals surface area contributed by atoms with E-state index < -0.39 is 29.8 Å². The van der Waals surface area contributed by atoms with Crippen LogP contribution in [0.3, 0.4) is 0 Å². The third-order valence-electron chi connectivity index (χ3n) is 4.58. The number of nitrogens with one attached hydrogen (secondary N) is 1. The van der Waals surface area contributed by atoms with Gasteiger partial charge in [-0.25, -0.2) is 9.59 Å². The van der Waals surface area contributed by atoms with Crippen molar-refractivity contribution in [3.63, 3.8) is 0 Å². The van der Waals surface area contributed by atoms with E-state index in [1.807, 2.05) is 0 Å². The molecular formula is C21H29N3O7. The predicted molar refractivity (Wildman–Crippen MR) is 112 cm³/mol. The van der Waals surface area contributed by atoms with Gasteiger partial charge in [-0.15, -0.1) is 0 Å². The van der Waals surface area contributed by atoms with Crippen molar-refractivity contribution in [1.29, 1.82) is 0 Å². The molecule has 0 saturated carbocycles. The van der Waals surface area contributed by atoms with Gasteiger partial charge in [0.25, 0.3) is 5.91 Å². The van der Waals surface area contributed by atoms with E-state index in [9.17, 15) is 29.1 Å². The number of amides is 4. The molecule has 31 heavy (non-hydrogen) atoms. The maximum atomic E-state index is 13.0. The number of aromatic carboxylic acids is 1. The van der Waals surface area contributed by atoms with Crippen LogP contribution in [0, 0.1) is 0 Å². The topological polar surface area (TPSA) is 167 Å². The van der Waals surface area contributed by atoms with Crippen LogP contribution < -0.4 is 11.1 Å². The van der Waals surface area contributed by atoms with Crippen LogP contribution in [0.1, 0.15) is 72.1 Å². The summed E-state index contributed by atoms with van der Waals surface area (Å²) in [5.74, 6) is -2.84. The first-order valence-electron chi connectivity index (χ1n) is 10.2. The summed E-state index contributed by atoms with van der Waals surface area (Å²) in [6.07, 6.45) is 2.41. The molecule has 0 radical (unpaired) electrons. The Bertz CT molecular complexity index is 795. The largest absolute Gasteiger partial charge is 0.478 e. The molecule has 5 N–H and O–H groups in total. The average Bonchev–Trinajstić information content (AvgIpc) is 2.72. The Kier molecular flexibility index (Phi) is 11.3. The van der Waals surface area contributed by atoms with Gasteiger partial charge in [-0.3, -0.25) is 19.3 Å². The second kappa shape index (κ2) is 13.7. The third kappa shape index (κ3) is 9.75. The first-order chi connectivity index (χ1) is 14.7. The number of hydrogen-bond donors (Lipinski definition) is 4. The lowest BCUT2D eigenvalue weighted by Gasteiger charge is -2.22. The number of carbonyl (C=O) groups is 5. The lowest BCUT2D eigenvalue weighted by molar-refractivity contribution is -0.129. The van der Waals surface area contributed by atoms with Gasteiger partial charge in [0, 0.05) is 25.9 Å². The third-order valence-corrected chi connectivity index (χ3v) is 4.58. The second-order valence-electron chi connectivity index (χ2n) is 7.02.